The zero-order valence-corrected chi connectivity index (χ0v) is 14.8. The van der Waals surface area contributed by atoms with Crippen LogP contribution in [-0.4, -0.2) is 45.8 Å². The molecule has 6 atom stereocenters. The van der Waals surface area contributed by atoms with Crippen molar-refractivity contribution in [3.8, 4) is 0 Å². The van der Waals surface area contributed by atoms with Gasteiger partial charge in [0.15, 0.2) is 0 Å². The molecule has 1 fully saturated rings. The lowest BCUT2D eigenvalue weighted by atomic mass is 9.79. The largest absolute Gasteiger partial charge is 0.390 e. The van der Waals surface area contributed by atoms with Crippen LogP contribution in [0, 0.1) is 5.92 Å². The predicted octanol–water partition coefficient (Wildman–Crippen LogP) is 1.89. The molecule has 0 aromatic heterocycles. The summed E-state index contributed by atoms with van der Waals surface area (Å²) in [7, 11) is 0. The summed E-state index contributed by atoms with van der Waals surface area (Å²) in [5.41, 5.74) is 1.96. The van der Waals surface area contributed by atoms with Crippen molar-refractivity contribution in [1.29, 1.82) is 0 Å². The van der Waals surface area contributed by atoms with Crippen molar-refractivity contribution in [3.05, 3.63) is 71.8 Å². The molecule has 0 aliphatic heterocycles. The number of aliphatic hydroxyl groups excluding tert-OH is 3. The molecule has 3 rings (SSSR count). The Morgan fingerprint density at radius 2 is 1.12 bits per heavy atom. The highest BCUT2D eigenvalue weighted by Crippen LogP contribution is 2.31. The van der Waals surface area contributed by atoms with Gasteiger partial charge in [0, 0.05) is 5.92 Å². The summed E-state index contributed by atoms with van der Waals surface area (Å²) in [6.45, 7) is 2.44. The molecule has 1 aliphatic rings. The van der Waals surface area contributed by atoms with Crippen LogP contribution in [0.15, 0.2) is 60.7 Å². The third kappa shape index (κ3) is 4.31. The first-order valence-electron chi connectivity index (χ1n) is 8.93. The zero-order valence-electron chi connectivity index (χ0n) is 14.8. The quantitative estimate of drug-likeness (QED) is 0.735. The Hall–Kier alpha value is -1.76. The van der Waals surface area contributed by atoms with E-state index >= 15 is 0 Å². The third-order valence-electron chi connectivity index (χ3n) is 4.99. The third-order valence-corrected chi connectivity index (χ3v) is 4.99. The van der Waals surface area contributed by atoms with Gasteiger partial charge in [-0.25, -0.2) is 0 Å². The minimum atomic E-state index is -1.26. The fourth-order valence-electron chi connectivity index (χ4n) is 3.37. The number of hydrogen-bond donors (Lipinski definition) is 3. The van der Waals surface area contributed by atoms with Gasteiger partial charge in [-0.05, 0) is 11.1 Å². The van der Waals surface area contributed by atoms with E-state index in [4.69, 9.17) is 9.47 Å². The fourth-order valence-corrected chi connectivity index (χ4v) is 3.37. The van der Waals surface area contributed by atoms with E-state index in [9.17, 15) is 15.3 Å². The minimum absolute atomic E-state index is 0.295. The van der Waals surface area contributed by atoms with Gasteiger partial charge in [-0.15, -0.1) is 0 Å². The summed E-state index contributed by atoms with van der Waals surface area (Å²) in [6, 6.07) is 19.3. The normalized spacial score (nSPS) is 31.7. The molecule has 140 valence electrons. The van der Waals surface area contributed by atoms with Crippen molar-refractivity contribution in [1.82, 2.24) is 0 Å². The Balaban J connectivity index is 1.72. The number of rotatable bonds is 6. The highest BCUT2D eigenvalue weighted by molar-refractivity contribution is 5.14. The lowest BCUT2D eigenvalue weighted by Gasteiger charge is -2.44. The molecule has 2 aromatic rings. The average molecular weight is 358 g/mol. The van der Waals surface area contributed by atoms with Crippen LogP contribution in [-0.2, 0) is 22.7 Å². The smallest absolute Gasteiger partial charge is 0.113 e. The van der Waals surface area contributed by atoms with Gasteiger partial charge in [0.25, 0.3) is 0 Å². The second kappa shape index (κ2) is 8.75. The molecule has 1 aliphatic carbocycles. The van der Waals surface area contributed by atoms with E-state index in [2.05, 4.69) is 0 Å². The van der Waals surface area contributed by atoms with E-state index < -0.39 is 30.5 Å². The second-order valence-electron chi connectivity index (χ2n) is 6.85. The molecule has 3 unspecified atom stereocenters. The molecule has 0 amide bonds. The molecular weight excluding hydrogens is 332 g/mol. The maximum absolute atomic E-state index is 10.5. The molecular formula is C21H26O5. The minimum Gasteiger partial charge on any atom is -0.390 e. The Morgan fingerprint density at radius 3 is 1.62 bits per heavy atom. The van der Waals surface area contributed by atoms with Gasteiger partial charge < -0.3 is 24.8 Å². The lowest BCUT2D eigenvalue weighted by molar-refractivity contribution is -0.232. The van der Waals surface area contributed by atoms with Gasteiger partial charge in [-0.1, -0.05) is 67.6 Å². The van der Waals surface area contributed by atoms with Gasteiger partial charge in [-0.2, -0.15) is 0 Å². The van der Waals surface area contributed by atoms with Crippen LogP contribution in [0.4, 0.5) is 0 Å². The first kappa shape index (κ1) is 19.0. The molecule has 1 saturated carbocycles. The topological polar surface area (TPSA) is 79.2 Å². The monoisotopic (exact) mass is 358 g/mol. The zero-order chi connectivity index (χ0) is 18.5. The van der Waals surface area contributed by atoms with Crippen molar-refractivity contribution < 1.29 is 24.8 Å². The summed E-state index contributed by atoms with van der Waals surface area (Å²) in [6.07, 6.45) is -4.81. The summed E-state index contributed by atoms with van der Waals surface area (Å²) < 4.78 is 11.9. The fraction of sp³-hybridized carbons (Fsp3) is 0.429. The maximum atomic E-state index is 10.5. The molecule has 3 N–H and O–H groups in total. The number of hydrogen-bond acceptors (Lipinski definition) is 5. The number of ether oxygens (including phenoxy) is 2. The highest BCUT2D eigenvalue weighted by Gasteiger charge is 2.48. The van der Waals surface area contributed by atoms with E-state index in [0.717, 1.165) is 11.1 Å². The molecule has 5 nitrogen and oxygen atoms in total. The predicted molar refractivity (Wildman–Crippen MR) is 97.2 cm³/mol. The molecule has 0 saturated heterocycles. The van der Waals surface area contributed by atoms with E-state index in [1.54, 1.807) is 6.92 Å². The van der Waals surface area contributed by atoms with Crippen molar-refractivity contribution in [2.45, 2.75) is 50.7 Å². The highest BCUT2D eigenvalue weighted by atomic mass is 16.6. The summed E-state index contributed by atoms with van der Waals surface area (Å²) >= 11 is 0. The van der Waals surface area contributed by atoms with Crippen molar-refractivity contribution in [2.75, 3.05) is 0 Å². The summed E-state index contributed by atoms with van der Waals surface area (Å²) in [5, 5.41) is 30.8. The number of benzene rings is 2. The van der Waals surface area contributed by atoms with E-state index in [0.29, 0.717) is 13.2 Å². The number of aliphatic hydroxyl groups is 3. The molecule has 0 spiro atoms. The maximum Gasteiger partial charge on any atom is 0.113 e. The van der Waals surface area contributed by atoms with Crippen LogP contribution in [0.1, 0.15) is 18.1 Å². The summed E-state index contributed by atoms with van der Waals surface area (Å²) in [5.74, 6) is -0.377. The van der Waals surface area contributed by atoms with Crippen molar-refractivity contribution >= 4 is 0 Å². The first-order valence-corrected chi connectivity index (χ1v) is 8.93. The summed E-state index contributed by atoms with van der Waals surface area (Å²) in [4.78, 5) is 0. The molecule has 2 aromatic carbocycles. The van der Waals surface area contributed by atoms with Crippen LogP contribution in [0.25, 0.3) is 0 Å². The van der Waals surface area contributed by atoms with Gasteiger partial charge >= 0.3 is 0 Å². The standard InChI is InChI=1S/C21H26O5/c1-14-17(22)18(23)19(24)21(26-13-16-10-6-3-7-11-16)20(14)25-12-15-8-4-2-5-9-15/h2-11,14,17-24H,12-13H2,1H3/t14-,17?,18+,19+,20?,21?/m0/s1. The van der Waals surface area contributed by atoms with Crippen LogP contribution in [0.5, 0.6) is 0 Å². The van der Waals surface area contributed by atoms with Gasteiger partial charge in [0.05, 0.1) is 25.4 Å². The van der Waals surface area contributed by atoms with Crippen LogP contribution in [0.3, 0.4) is 0 Å². The van der Waals surface area contributed by atoms with Gasteiger partial charge in [-0.3, -0.25) is 0 Å². The van der Waals surface area contributed by atoms with E-state index in [1.807, 2.05) is 60.7 Å². The van der Waals surface area contributed by atoms with E-state index in [-0.39, 0.29) is 5.92 Å². The second-order valence-corrected chi connectivity index (χ2v) is 6.85. The van der Waals surface area contributed by atoms with Crippen molar-refractivity contribution in [2.24, 2.45) is 5.92 Å². The molecule has 0 heterocycles. The van der Waals surface area contributed by atoms with Crippen molar-refractivity contribution in [3.63, 3.8) is 0 Å². The lowest BCUT2D eigenvalue weighted by Crippen LogP contribution is -2.61. The van der Waals surface area contributed by atoms with Crippen LogP contribution < -0.4 is 0 Å². The molecule has 0 radical (unpaired) electrons. The Kier molecular flexibility index (Phi) is 6.40. The van der Waals surface area contributed by atoms with Crippen LogP contribution >= 0.6 is 0 Å². The van der Waals surface area contributed by atoms with Crippen LogP contribution in [0.2, 0.25) is 0 Å². The molecule has 26 heavy (non-hydrogen) atoms. The van der Waals surface area contributed by atoms with Gasteiger partial charge in [0.1, 0.15) is 18.3 Å². The molecule has 0 bridgehead atoms. The first-order chi connectivity index (χ1) is 12.6. The SMILES string of the molecule is C[C@@H]1C(OCc2ccccc2)C(OCc2ccccc2)[C@H](O)[C@H](O)C1O. The van der Waals surface area contributed by atoms with Gasteiger partial charge in [0.2, 0.25) is 0 Å². The Morgan fingerprint density at radius 1 is 0.654 bits per heavy atom. The van der Waals surface area contributed by atoms with E-state index in [1.165, 1.54) is 0 Å². The molecule has 5 heteroatoms. The Labute approximate surface area is 153 Å². The Bertz CT molecular complexity index is 603. The average Bonchev–Trinajstić information content (AvgIpc) is 2.69.